The molecule has 0 N–H and O–H groups in total. The van der Waals surface area contributed by atoms with Gasteiger partial charge in [0.15, 0.2) is 5.82 Å². The summed E-state index contributed by atoms with van der Waals surface area (Å²) in [4.78, 5) is 36.7. The maximum absolute atomic E-state index is 14.1. The van der Waals surface area contributed by atoms with Crippen LogP contribution in [-0.4, -0.2) is 52.0 Å². The molecule has 0 aromatic carbocycles. The van der Waals surface area contributed by atoms with Crippen molar-refractivity contribution in [1.29, 1.82) is 0 Å². The van der Waals surface area contributed by atoms with Crippen molar-refractivity contribution in [3.05, 3.63) is 40.7 Å². The molecule has 1 aliphatic carbocycles. The lowest BCUT2D eigenvalue weighted by Gasteiger charge is -2.23. The molecule has 156 valence electrons. The molecule has 29 heavy (non-hydrogen) atoms. The summed E-state index contributed by atoms with van der Waals surface area (Å²) in [5.41, 5.74) is 0.282. The van der Waals surface area contributed by atoms with Crippen molar-refractivity contribution < 1.29 is 9.18 Å². The fraction of sp³-hybridized carbons (Fsp3) is 0.524. The summed E-state index contributed by atoms with van der Waals surface area (Å²) < 4.78 is 15.6. The third kappa shape index (κ3) is 4.63. The van der Waals surface area contributed by atoms with Crippen molar-refractivity contribution in [2.75, 3.05) is 25.5 Å². The van der Waals surface area contributed by atoms with Crippen molar-refractivity contribution >= 4 is 11.9 Å². The average molecular weight is 401 g/mol. The van der Waals surface area contributed by atoms with Crippen LogP contribution in [-0.2, 0) is 11.8 Å². The highest BCUT2D eigenvalue weighted by Gasteiger charge is 2.42. The van der Waals surface area contributed by atoms with Gasteiger partial charge in [-0.05, 0) is 24.3 Å². The van der Waals surface area contributed by atoms with Gasteiger partial charge in [0.05, 0.1) is 11.9 Å². The molecule has 2 heterocycles. The second-order valence-electron chi connectivity index (χ2n) is 8.24. The van der Waals surface area contributed by atoms with Crippen molar-refractivity contribution in [3.8, 4) is 11.3 Å². The molecule has 0 aliphatic heterocycles. The summed E-state index contributed by atoms with van der Waals surface area (Å²) in [5, 5.41) is 0. The topological polar surface area (TPSA) is 71.3 Å². The van der Waals surface area contributed by atoms with Crippen LogP contribution < -0.4 is 10.5 Å². The normalized spacial score (nSPS) is 18.0. The molecule has 1 amide bonds. The average Bonchev–Trinajstić information content (AvgIpc) is 3.42. The lowest BCUT2D eigenvalue weighted by atomic mass is 10.1. The number of pyridine rings is 1. The smallest absolute Gasteiger partial charge is 0.255 e. The number of carbonyl (C=O) groups is 1. The van der Waals surface area contributed by atoms with E-state index in [9.17, 15) is 14.0 Å². The Bertz CT molecular complexity index is 958. The Balaban J connectivity index is 1.77. The van der Waals surface area contributed by atoms with Crippen molar-refractivity contribution in [3.63, 3.8) is 0 Å². The highest BCUT2D eigenvalue weighted by Crippen LogP contribution is 2.37. The van der Waals surface area contributed by atoms with Crippen LogP contribution in [0.4, 0.5) is 10.3 Å². The predicted molar refractivity (Wildman–Crippen MR) is 110 cm³/mol. The highest BCUT2D eigenvalue weighted by molar-refractivity contribution is 5.76. The van der Waals surface area contributed by atoms with Crippen molar-refractivity contribution in [2.24, 2.45) is 18.9 Å². The van der Waals surface area contributed by atoms with Gasteiger partial charge in [0.1, 0.15) is 0 Å². The summed E-state index contributed by atoms with van der Waals surface area (Å²) in [7, 11) is 5.37. The van der Waals surface area contributed by atoms with Gasteiger partial charge in [0, 0.05) is 58.0 Å². The molecule has 2 atom stereocenters. The number of halogens is 1. The van der Waals surface area contributed by atoms with E-state index in [-0.39, 0.29) is 28.8 Å². The Labute approximate surface area is 170 Å². The molecule has 0 unspecified atom stereocenters. The number of rotatable bonds is 7. The molecule has 1 aliphatic rings. The Morgan fingerprint density at radius 2 is 2.10 bits per heavy atom. The first-order valence-corrected chi connectivity index (χ1v) is 9.83. The van der Waals surface area contributed by atoms with Crippen LogP contribution >= 0.6 is 0 Å². The van der Waals surface area contributed by atoms with Crippen LogP contribution in [0.25, 0.3) is 11.3 Å². The molecule has 3 rings (SSSR count). The zero-order chi connectivity index (χ0) is 21.3. The molecule has 1 saturated carbocycles. The Hall–Kier alpha value is -2.77. The summed E-state index contributed by atoms with van der Waals surface area (Å²) in [6.45, 7) is 4.74. The molecule has 2 aromatic rings. The van der Waals surface area contributed by atoms with Gasteiger partial charge in [-0.2, -0.15) is 0 Å². The van der Waals surface area contributed by atoms with Crippen LogP contribution in [0.1, 0.15) is 26.7 Å². The van der Waals surface area contributed by atoms with Crippen LogP contribution in [0.3, 0.4) is 0 Å². The fourth-order valence-corrected chi connectivity index (χ4v) is 3.57. The molecular formula is C21H28FN5O2. The molecule has 1 fully saturated rings. The Morgan fingerprint density at radius 3 is 2.76 bits per heavy atom. The van der Waals surface area contributed by atoms with Crippen molar-refractivity contribution in [2.45, 2.75) is 32.7 Å². The van der Waals surface area contributed by atoms with E-state index >= 15 is 0 Å². The molecule has 8 heteroatoms. The van der Waals surface area contributed by atoms with Gasteiger partial charge in [-0.1, -0.05) is 13.8 Å². The van der Waals surface area contributed by atoms with Crippen LogP contribution in [0.2, 0.25) is 0 Å². The summed E-state index contributed by atoms with van der Waals surface area (Å²) >= 11 is 0. The monoisotopic (exact) mass is 401 g/mol. The zero-order valence-electron chi connectivity index (χ0n) is 17.6. The van der Waals surface area contributed by atoms with Gasteiger partial charge in [0.25, 0.3) is 5.56 Å². The number of amides is 1. The molecule has 2 aromatic heterocycles. The van der Waals surface area contributed by atoms with Gasteiger partial charge in [0.2, 0.25) is 11.9 Å². The van der Waals surface area contributed by atoms with Gasteiger partial charge in [-0.3, -0.25) is 19.1 Å². The van der Waals surface area contributed by atoms with E-state index in [1.807, 2.05) is 32.8 Å². The number of carbonyl (C=O) groups excluding carboxylic acids is 1. The highest BCUT2D eigenvalue weighted by atomic mass is 19.1. The van der Waals surface area contributed by atoms with E-state index in [2.05, 4.69) is 9.97 Å². The number of nitrogens with zero attached hydrogens (tertiary/aromatic N) is 5. The van der Waals surface area contributed by atoms with Gasteiger partial charge >= 0.3 is 0 Å². The second kappa shape index (κ2) is 8.31. The minimum atomic E-state index is -0.517. The molecule has 0 radical (unpaired) electrons. The predicted octanol–water partition coefficient (Wildman–Crippen LogP) is 2.31. The third-order valence-electron chi connectivity index (χ3n) is 5.37. The lowest BCUT2D eigenvalue weighted by Crippen LogP contribution is -2.34. The number of hydrogen-bond acceptors (Lipinski definition) is 5. The van der Waals surface area contributed by atoms with E-state index in [0.717, 1.165) is 12.6 Å². The van der Waals surface area contributed by atoms with Gasteiger partial charge in [-0.15, -0.1) is 0 Å². The third-order valence-corrected chi connectivity index (χ3v) is 5.37. The minimum Gasteiger partial charge on any atom is -0.345 e. The second-order valence-corrected chi connectivity index (χ2v) is 8.24. The SMILES string of the molecule is CC(C)CC(=O)N(C)C[C@@H]1C[C@H]1N(C)c1nc(-c2ccncc2F)cc(=O)n1C. The number of aromatic nitrogens is 3. The maximum atomic E-state index is 14.1. The zero-order valence-corrected chi connectivity index (χ0v) is 17.6. The van der Waals surface area contributed by atoms with E-state index in [0.29, 0.717) is 30.7 Å². The lowest BCUT2D eigenvalue weighted by molar-refractivity contribution is -0.130. The van der Waals surface area contributed by atoms with Gasteiger partial charge < -0.3 is 9.80 Å². The van der Waals surface area contributed by atoms with Crippen LogP contribution in [0.15, 0.2) is 29.3 Å². The fourth-order valence-electron chi connectivity index (χ4n) is 3.57. The largest absolute Gasteiger partial charge is 0.345 e. The molecule has 0 spiro atoms. The van der Waals surface area contributed by atoms with E-state index in [4.69, 9.17) is 0 Å². The van der Waals surface area contributed by atoms with Crippen LogP contribution in [0.5, 0.6) is 0 Å². The summed E-state index contributed by atoms with van der Waals surface area (Å²) in [5.74, 6) is 0.759. The van der Waals surface area contributed by atoms with Crippen molar-refractivity contribution in [1.82, 2.24) is 19.4 Å². The van der Waals surface area contributed by atoms with E-state index < -0.39 is 5.82 Å². The van der Waals surface area contributed by atoms with E-state index in [1.165, 1.54) is 22.9 Å². The Kier molecular flexibility index (Phi) is 6.00. The maximum Gasteiger partial charge on any atom is 0.255 e. The molecule has 0 saturated heterocycles. The minimum absolute atomic E-state index is 0.147. The van der Waals surface area contributed by atoms with E-state index in [1.54, 1.807) is 11.9 Å². The standard InChI is InChI=1S/C21H28FN5O2/c1-13(2)8-19(28)25(3)12-14-9-18(14)26(4)21-24-17(10-20(29)27(21)5)15-6-7-23-11-16(15)22/h6-7,10-11,13-14,18H,8-9,12H2,1-5H3/t14-,18+/m0/s1. The number of hydrogen-bond donors (Lipinski definition) is 0. The number of anilines is 1. The molecular weight excluding hydrogens is 373 g/mol. The Morgan fingerprint density at radius 1 is 1.38 bits per heavy atom. The first-order chi connectivity index (χ1) is 13.7. The molecule has 7 nitrogen and oxygen atoms in total. The van der Waals surface area contributed by atoms with Crippen LogP contribution in [0, 0.1) is 17.7 Å². The summed E-state index contributed by atoms with van der Waals surface area (Å²) in [6.07, 6.45) is 4.04. The first-order valence-electron chi connectivity index (χ1n) is 9.83. The first kappa shape index (κ1) is 21.0. The summed E-state index contributed by atoms with van der Waals surface area (Å²) in [6, 6.07) is 3.02. The van der Waals surface area contributed by atoms with Gasteiger partial charge in [-0.25, -0.2) is 9.37 Å². The quantitative estimate of drug-likeness (QED) is 0.712. The molecule has 0 bridgehead atoms.